The Morgan fingerprint density at radius 2 is 2.00 bits per heavy atom. The summed E-state index contributed by atoms with van der Waals surface area (Å²) in [5.74, 6) is -1.35. The quantitative estimate of drug-likeness (QED) is 0.616. The Labute approximate surface area is 89.8 Å². The zero-order chi connectivity index (χ0) is 11.8. The summed E-state index contributed by atoms with van der Waals surface area (Å²) in [6.07, 6.45) is 1.37. The number of carboxylic acid groups (broad SMARTS) is 1. The monoisotopic (exact) mass is 217 g/mol. The van der Waals surface area contributed by atoms with Crippen molar-refractivity contribution in [1.82, 2.24) is 5.32 Å². The molecule has 5 nitrogen and oxygen atoms in total. The summed E-state index contributed by atoms with van der Waals surface area (Å²) in [5.41, 5.74) is 0. The normalized spacial score (nSPS) is 14.3. The number of aliphatic carboxylic acids is 1. The molecule has 0 spiro atoms. The van der Waals surface area contributed by atoms with Crippen LogP contribution in [0.1, 0.15) is 33.6 Å². The Kier molecular flexibility index (Phi) is 6.70. The first-order chi connectivity index (χ1) is 7.02. The second-order valence-corrected chi connectivity index (χ2v) is 3.32. The molecule has 0 aliphatic carbocycles. The number of carbonyl (C=O) groups excluding carboxylic acids is 1. The number of hydrogen-bond donors (Lipinski definition) is 2. The molecule has 0 aromatic carbocycles. The molecule has 0 aromatic heterocycles. The number of esters is 1. The molecule has 2 atom stereocenters. The molecule has 0 fully saturated rings. The summed E-state index contributed by atoms with van der Waals surface area (Å²) < 4.78 is 4.84. The molecule has 0 aliphatic rings. The Hall–Kier alpha value is -1.10. The molecule has 0 saturated heterocycles. The van der Waals surface area contributed by atoms with E-state index in [0.29, 0.717) is 13.0 Å². The summed E-state index contributed by atoms with van der Waals surface area (Å²) in [6, 6.07) is -1.27. The van der Waals surface area contributed by atoms with E-state index in [9.17, 15) is 9.59 Å². The highest BCUT2D eigenvalue weighted by molar-refractivity contribution is 5.78. The molecule has 0 bridgehead atoms. The molecule has 2 N–H and O–H groups in total. The standard InChI is InChI=1S/C10H19NO4/c1-4-6-8(10(14)15-5-2)11-7(3)9(12)13/h7-8,11H,4-6H2,1-3H3,(H,12,13)/t7?,8-/m0/s1. The lowest BCUT2D eigenvalue weighted by molar-refractivity contribution is -0.147. The van der Waals surface area contributed by atoms with Gasteiger partial charge in [-0.3, -0.25) is 14.9 Å². The van der Waals surface area contributed by atoms with E-state index in [1.165, 1.54) is 6.92 Å². The highest BCUT2D eigenvalue weighted by Crippen LogP contribution is 2.01. The van der Waals surface area contributed by atoms with E-state index in [-0.39, 0.29) is 5.97 Å². The SMILES string of the molecule is CCC[C@H](NC(C)C(=O)O)C(=O)OCC. The number of rotatable bonds is 7. The second-order valence-electron chi connectivity index (χ2n) is 3.32. The van der Waals surface area contributed by atoms with Crippen LogP contribution in [0.15, 0.2) is 0 Å². The molecule has 1 unspecified atom stereocenters. The van der Waals surface area contributed by atoms with Crippen molar-refractivity contribution in [2.24, 2.45) is 0 Å². The maximum absolute atomic E-state index is 11.4. The van der Waals surface area contributed by atoms with Crippen LogP contribution in [0, 0.1) is 0 Å². The third-order valence-corrected chi connectivity index (χ3v) is 1.97. The number of nitrogens with one attached hydrogen (secondary N) is 1. The molecule has 0 amide bonds. The van der Waals surface area contributed by atoms with Gasteiger partial charge in [0, 0.05) is 0 Å². The summed E-state index contributed by atoms with van der Waals surface area (Å²) in [7, 11) is 0. The van der Waals surface area contributed by atoms with Crippen molar-refractivity contribution in [1.29, 1.82) is 0 Å². The van der Waals surface area contributed by atoms with Gasteiger partial charge in [0.2, 0.25) is 0 Å². The van der Waals surface area contributed by atoms with E-state index in [1.54, 1.807) is 6.92 Å². The lowest BCUT2D eigenvalue weighted by Gasteiger charge is -2.18. The summed E-state index contributed by atoms with van der Waals surface area (Å²) in [5, 5.41) is 11.4. The lowest BCUT2D eigenvalue weighted by Crippen LogP contribution is -2.46. The molecule has 15 heavy (non-hydrogen) atoms. The van der Waals surface area contributed by atoms with Gasteiger partial charge in [-0.2, -0.15) is 0 Å². The molecule has 88 valence electrons. The van der Waals surface area contributed by atoms with Crippen LogP contribution in [0.2, 0.25) is 0 Å². The summed E-state index contributed by atoms with van der Waals surface area (Å²) in [6.45, 7) is 5.47. The number of hydrogen-bond acceptors (Lipinski definition) is 4. The van der Waals surface area contributed by atoms with Crippen LogP contribution < -0.4 is 5.32 Å². The van der Waals surface area contributed by atoms with Crippen molar-refractivity contribution in [2.75, 3.05) is 6.61 Å². The Morgan fingerprint density at radius 1 is 1.40 bits per heavy atom. The van der Waals surface area contributed by atoms with Gasteiger partial charge in [-0.05, 0) is 20.3 Å². The molecule has 0 radical (unpaired) electrons. The molecule has 0 aromatic rings. The molecular weight excluding hydrogens is 198 g/mol. The van der Waals surface area contributed by atoms with Crippen LogP contribution in [-0.4, -0.2) is 35.7 Å². The molecular formula is C10H19NO4. The fourth-order valence-electron chi connectivity index (χ4n) is 1.17. The number of carbonyl (C=O) groups is 2. The zero-order valence-corrected chi connectivity index (χ0v) is 9.45. The first kappa shape index (κ1) is 13.9. The van der Waals surface area contributed by atoms with E-state index in [2.05, 4.69) is 5.32 Å². The van der Waals surface area contributed by atoms with E-state index in [1.807, 2.05) is 6.92 Å². The fourth-order valence-corrected chi connectivity index (χ4v) is 1.17. The smallest absolute Gasteiger partial charge is 0.323 e. The van der Waals surface area contributed by atoms with Gasteiger partial charge in [-0.25, -0.2) is 0 Å². The Balaban J connectivity index is 4.25. The van der Waals surface area contributed by atoms with Gasteiger partial charge in [-0.1, -0.05) is 13.3 Å². The third kappa shape index (κ3) is 5.37. The molecule has 5 heteroatoms. The average molecular weight is 217 g/mol. The maximum atomic E-state index is 11.4. The topological polar surface area (TPSA) is 75.6 Å². The van der Waals surface area contributed by atoms with Crippen LogP contribution in [0.4, 0.5) is 0 Å². The predicted molar refractivity (Wildman–Crippen MR) is 55.6 cm³/mol. The van der Waals surface area contributed by atoms with Gasteiger partial charge < -0.3 is 9.84 Å². The van der Waals surface area contributed by atoms with Crippen LogP contribution in [0.5, 0.6) is 0 Å². The van der Waals surface area contributed by atoms with Gasteiger partial charge in [0.15, 0.2) is 0 Å². The largest absolute Gasteiger partial charge is 0.480 e. The van der Waals surface area contributed by atoms with Crippen LogP contribution in [-0.2, 0) is 14.3 Å². The molecule has 0 aliphatic heterocycles. The van der Waals surface area contributed by atoms with Crippen LogP contribution >= 0.6 is 0 Å². The van der Waals surface area contributed by atoms with Crippen molar-refractivity contribution in [3.63, 3.8) is 0 Å². The first-order valence-electron chi connectivity index (χ1n) is 5.18. The molecule has 0 rings (SSSR count). The maximum Gasteiger partial charge on any atom is 0.323 e. The van der Waals surface area contributed by atoms with Gasteiger partial charge in [0.05, 0.1) is 6.61 Å². The number of carboxylic acids is 1. The van der Waals surface area contributed by atoms with E-state index < -0.39 is 18.1 Å². The van der Waals surface area contributed by atoms with Crippen molar-refractivity contribution in [3.8, 4) is 0 Å². The van der Waals surface area contributed by atoms with Crippen molar-refractivity contribution in [2.45, 2.75) is 45.7 Å². The highest BCUT2D eigenvalue weighted by atomic mass is 16.5. The predicted octanol–water partition coefficient (Wildman–Crippen LogP) is 0.781. The van der Waals surface area contributed by atoms with E-state index in [4.69, 9.17) is 9.84 Å². The molecule has 0 heterocycles. The number of ether oxygens (including phenoxy) is 1. The first-order valence-corrected chi connectivity index (χ1v) is 5.18. The zero-order valence-electron chi connectivity index (χ0n) is 9.45. The minimum atomic E-state index is -0.972. The van der Waals surface area contributed by atoms with Crippen LogP contribution in [0.25, 0.3) is 0 Å². The van der Waals surface area contributed by atoms with Gasteiger partial charge in [0.1, 0.15) is 12.1 Å². The fraction of sp³-hybridized carbons (Fsp3) is 0.800. The Morgan fingerprint density at radius 3 is 2.40 bits per heavy atom. The molecule has 0 saturated carbocycles. The van der Waals surface area contributed by atoms with E-state index >= 15 is 0 Å². The van der Waals surface area contributed by atoms with Crippen LogP contribution in [0.3, 0.4) is 0 Å². The van der Waals surface area contributed by atoms with Crippen molar-refractivity contribution in [3.05, 3.63) is 0 Å². The van der Waals surface area contributed by atoms with E-state index in [0.717, 1.165) is 6.42 Å². The summed E-state index contributed by atoms with van der Waals surface area (Å²) >= 11 is 0. The minimum Gasteiger partial charge on any atom is -0.480 e. The Bertz CT molecular complexity index is 217. The van der Waals surface area contributed by atoms with Gasteiger partial charge in [-0.15, -0.1) is 0 Å². The minimum absolute atomic E-state index is 0.308. The van der Waals surface area contributed by atoms with Gasteiger partial charge in [0.25, 0.3) is 0 Å². The summed E-state index contributed by atoms with van der Waals surface area (Å²) in [4.78, 5) is 22.0. The van der Waals surface area contributed by atoms with Crippen molar-refractivity contribution < 1.29 is 19.4 Å². The lowest BCUT2D eigenvalue weighted by atomic mass is 10.1. The second kappa shape index (κ2) is 7.23. The highest BCUT2D eigenvalue weighted by Gasteiger charge is 2.23. The van der Waals surface area contributed by atoms with Gasteiger partial charge >= 0.3 is 11.9 Å². The average Bonchev–Trinajstić information content (AvgIpc) is 2.17. The third-order valence-electron chi connectivity index (χ3n) is 1.97. The van der Waals surface area contributed by atoms with Crippen molar-refractivity contribution >= 4 is 11.9 Å².